The number of rotatable bonds is 6. The van der Waals surface area contributed by atoms with Gasteiger partial charge in [0.25, 0.3) is 5.91 Å². The molecule has 1 N–H and O–H groups in total. The van der Waals surface area contributed by atoms with Gasteiger partial charge < -0.3 is 5.32 Å². The molecule has 3 aromatic rings. The second-order valence-corrected chi connectivity index (χ2v) is 6.81. The van der Waals surface area contributed by atoms with Gasteiger partial charge in [-0.15, -0.1) is 0 Å². The molecule has 1 aromatic heterocycles. The summed E-state index contributed by atoms with van der Waals surface area (Å²) in [5.74, 6) is -0.262. The van der Waals surface area contributed by atoms with E-state index in [2.05, 4.69) is 16.5 Å². The number of amides is 1. The summed E-state index contributed by atoms with van der Waals surface area (Å²) in [6.07, 6.45) is 1.98. The summed E-state index contributed by atoms with van der Waals surface area (Å²) in [5.41, 5.74) is 2.43. The third kappa shape index (κ3) is 5.31. The van der Waals surface area contributed by atoms with E-state index in [0.29, 0.717) is 28.5 Å². The fourth-order valence-corrected chi connectivity index (χ4v) is 2.92. The van der Waals surface area contributed by atoms with Gasteiger partial charge in [-0.2, -0.15) is 10.4 Å². The molecule has 146 valence electrons. The van der Waals surface area contributed by atoms with Gasteiger partial charge in [-0.3, -0.25) is 4.79 Å². The third-order valence-electron chi connectivity index (χ3n) is 4.16. The van der Waals surface area contributed by atoms with Gasteiger partial charge in [-0.1, -0.05) is 35.9 Å². The van der Waals surface area contributed by atoms with Crippen molar-refractivity contribution in [1.29, 1.82) is 5.26 Å². The maximum Gasteiger partial charge on any atom is 0.257 e. The summed E-state index contributed by atoms with van der Waals surface area (Å²) < 4.78 is 15.0. The van der Waals surface area contributed by atoms with Gasteiger partial charge in [0.1, 0.15) is 11.6 Å². The smallest absolute Gasteiger partial charge is 0.257 e. The van der Waals surface area contributed by atoms with Crippen molar-refractivity contribution in [1.82, 2.24) is 9.78 Å². The van der Waals surface area contributed by atoms with Crippen LogP contribution in [0.2, 0.25) is 5.02 Å². The van der Waals surface area contributed by atoms with Crippen LogP contribution in [0.4, 0.5) is 10.2 Å². The van der Waals surface area contributed by atoms with Crippen molar-refractivity contribution in [3.63, 3.8) is 0 Å². The summed E-state index contributed by atoms with van der Waals surface area (Å²) in [7, 11) is 0. The monoisotopic (exact) mass is 408 g/mol. The molecule has 1 heterocycles. The van der Waals surface area contributed by atoms with Crippen molar-refractivity contribution < 1.29 is 9.18 Å². The van der Waals surface area contributed by atoms with E-state index in [1.54, 1.807) is 53.2 Å². The van der Waals surface area contributed by atoms with Crippen LogP contribution in [0.1, 0.15) is 23.2 Å². The Labute approximate surface area is 173 Å². The maximum absolute atomic E-state index is 13.4. The molecule has 7 heteroatoms. The number of aryl methyl sites for hydroxylation is 2. The van der Waals surface area contributed by atoms with E-state index in [0.717, 1.165) is 11.3 Å². The number of carbonyl (C=O) groups is 1. The molecule has 0 fully saturated rings. The number of anilines is 1. The first-order chi connectivity index (χ1) is 14.0. The van der Waals surface area contributed by atoms with E-state index in [1.807, 2.05) is 6.92 Å². The number of nitriles is 1. The van der Waals surface area contributed by atoms with Gasteiger partial charge in [0.15, 0.2) is 0 Å². The lowest BCUT2D eigenvalue weighted by molar-refractivity contribution is -0.111. The van der Waals surface area contributed by atoms with Crippen molar-refractivity contribution in [2.24, 2.45) is 0 Å². The van der Waals surface area contributed by atoms with E-state index in [-0.39, 0.29) is 18.1 Å². The minimum absolute atomic E-state index is 0.273. The van der Waals surface area contributed by atoms with Crippen LogP contribution in [0.25, 0.3) is 11.6 Å². The SMILES string of the molecule is Cc1cc(NC(=O)/C(=C/c2ccc(Cl)cc2)c2ccc(F)cc2)n(CCC#N)n1. The highest BCUT2D eigenvalue weighted by Gasteiger charge is 2.16. The van der Waals surface area contributed by atoms with E-state index in [9.17, 15) is 9.18 Å². The summed E-state index contributed by atoms with van der Waals surface area (Å²) in [5, 5.41) is 16.6. The second kappa shape index (κ2) is 9.18. The molecular formula is C22H18ClFN4O. The minimum Gasteiger partial charge on any atom is -0.307 e. The minimum atomic E-state index is -0.384. The van der Waals surface area contributed by atoms with Crippen molar-refractivity contribution in [2.75, 3.05) is 5.32 Å². The first-order valence-electron chi connectivity index (χ1n) is 8.92. The van der Waals surface area contributed by atoms with Crippen LogP contribution >= 0.6 is 11.6 Å². The molecule has 0 saturated heterocycles. The molecule has 0 saturated carbocycles. The van der Waals surface area contributed by atoms with Crippen LogP contribution in [-0.2, 0) is 11.3 Å². The van der Waals surface area contributed by atoms with Crippen LogP contribution in [0.5, 0.6) is 0 Å². The molecule has 0 bridgehead atoms. The fourth-order valence-electron chi connectivity index (χ4n) is 2.79. The Morgan fingerprint density at radius 1 is 1.24 bits per heavy atom. The fraction of sp³-hybridized carbons (Fsp3) is 0.136. The largest absolute Gasteiger partial charge is 0.307 e. The van der Waals surface area contributed by atoms with E-state index < -0.39 is 0 Å². The Hall–Kier alpha value is -3.43. The summed E-state index contributed by atoms with van der Waals surface area (Å²) in [4.78, 5) is 13.1. The average Bonchev–Trinajstić information content (AvgIpc) is 3.05. The summed E-state index contributed by atoms with van der Waals surface area (Å²) in [6, 6.07) is 16.6. The molecule has 2 aromatic carbocycles. The Balaban J connectivity index is 1.96. The Kier molecular flexibility index (Phi) is 6.43. The van der Waals surface area contributed by atoms with Gasteiger partial charge in [-0.25, -0.2) is 9.07 Å². The van der Waals surface area contributed by atoms with Crippen molar-refractivity contribution in [3.05, 3.63) is 82.3 Å². The summed E-state index contributed by atoms with van der Waals surface area (Å²) >= 11 is 5.94. The Morgan fingerprint density at radius 2 is 1.93 bits per heavy atom. The normalized spacial score (nSPS) is 11.2. The van der Waals surface area contributed by atoms with Crippen molar-refractivity contribution >= 4 is 35.0 Å². The van der Waals surface area contributed by atoms with Gasteiger partial charge in [0, 0.05) is 16.7 Å². The number of nitrogens with one attached hydrogen (secondary N) is 1. The van der Waals surface area contributed by atoms with E-state index in [1.165, 1.54) is 12.1 Å². The maximum atomic E-state index is 13.4. The highest BCUT2D eigenvalue weighted by atomic mass is 35.5. The molecule has 0 atom stereocenters. The standard InChI is InChI=1S/C22H18ClFN4O/c1-15-13-21(28(27-15)12-2-11-25)26-22(29)20(17-5-9-19(24)10-6-17)14-16-3-7-18(23)8-4-16/h3-10,13-14H,2,12H2,1H3,(H,26,29)/b20-14+. The van der Waals surface area contributed by atoms with Crippen molar-refractivity contribution in [3.8, 4) is 6.07 Å². The second-order valence-electron chi connectivity index (χ2n) is 6.37. The van der Waals surface area contributed by atoms with Crippen molar-refractivity contribution in [2.45, 2.75) is 19.9 Å². The molecule has 29 heavy (non-hydrogen) atoms. The summed E-state index contributed by atoms with van der Waals surface area (Å²) in [6.45, 7) is 2.18. The molecule has 5 nitrogen and oxygen atoms in total. The molecule has 0 radical (unpaired) electrons. The topological polar surface area (TPSA) is 70.7 Å². The van der Waals surface area contributed by atoms with Crippen LogP contribution in [0, 0.1) is 24.1 Å². The molecule has 3 rings (SSSR count). The molecule has 0 unspecified atom stereocenters. The number of benzene rings is 2. The number of aromatic nitrogens is 2. The first-order valence-corrected chi connectivity index (χ1v) is 9.30. The Bertz CT molecular complexity index is 1080. The first kappa shape index (κ1) is 20.3. The molecular weight excluding hydrogens is 391 g/mol. The van der Waals surface area contributed by atoms with Gasteiger partial charge >= 0.3 is 0 Å². The van der Waals surface area contributed by atoms with E-state index in [4.69, 9.17) is 16.9 Å². The van der Waals surface area contributed by atoms with Crippen LogP contribution in [0.3, 0.4) is 0 Å². The van der Waals surface area contributed by atoms with Crippen LogP contribution in [-0.4, -0.2) is 15.7 Å². The number of nitrogens with zero attached hydrogens (tertiary/aromatic N) is 3. The van der Waals surface area contributed by atoms with Crippen LogP contribution in [0.15, 0.2) is 54.6 Å². The zero-order valence-corrected chi connectivity index (χ0v) is 16.4. The highest BCUT2D eigenvalue weighted by molar-refractivity contribution is 6.31. The quantitative estimate of drug-likeness (QED) is 0.457. The molecule has 0 aliphatic rings. The average molecular weight is 409 g/mol. The van der Waals surface area contributed by atoms with Gasteiger partial charge in [0.2, 0.25) is 0 Å². The molecule has 1 amide bonds. The zero-order valence-electron chi connectivity index (χ0n) is 15.7. The molecule has 0 spiro atoms. The predicted molar refractivity (Wildman–Crippen MR) is 112 cm³/mol. The predicted octanol–water partition coefficient (Wildman–Crippen LogP) is 5.08. The number of hydrogen-bond donors (Lipinski definition) is 1. The zero-order chi connectivity index (χ0) is 20.8. The Morgan fingerprint density at radius 3 is 2.59 bits per heavy atom. The lowest BCUT2D eigenvalue weighted by Gasteiger charge is -2.11. The molecule has 0 aliphatic heterocycles. The lowest BCUT2D eigenvalue weighted by Crippen LogP contribution is -2.17. The number of hydrogen-bond acceptors (Lipinski definition) is 3. The third-order valence-corrected chi connectivity index (χ3v) is 4.41. The highest BCUT2D eigenvalue weighted by Crippen LogP contribution is 2.23. The van der Waals surface area contributed by atoms with Gasteiger partial charge in [0.05, 0.1) is 24.7 Å². The van der Waals surface area contributed by atoms with Crippen LogP contribution < -0.4 is 5.32 Å². The van der Waals surface area contributed by atoms with E-state index >= 15 is 0 Å². The number of halogens is 2. The number of carbonyl (C=O) groups excluding carboxylic acids is 1. The lowest BCUT2D eigenvalue weighted by atomic mass is 10.0. The molecule has 0 aliphatic carbocycles. The van der Waals surface area contributed by atoms with Gasteiger partial charge in [-0.05, 0) is 48.4 Å².